The molecular formula is C18H21F2N3O2S2. The largest absolute Gasteiger partial charge is 0.466 e. The van der Waals surface area contributed by atoms with E-state index in [2.05, 4.69) is 10.00 Å². The van der Waals surface area contributed by atoms with E-state index in [0.29, 0.717) is 41.7 Å². The lowest BCUT2D eigenvalue weighted by atomic mass is 9.89. The van der Waals surface area contributed by atoms with Gasteiger partial charge < -0.3 is 4.74 Å². The van der Waals surface area contributed by atoms with Crippen LogP contribution in [0.2, 0.25) is 0 Å². The van der Waals surface area contributed by atoms with Gasteiger partial charge in [-0.1, -0.05) is 0 Å². The first kappa shape index (κ1) is 20.0. The van der Waals surface area contributed by atoms with Gasteiger partial charge in [0.1, 0.15) is 11.6 Å². The van der Waals surface area contributed by atoms with E-state index in [9.17, 15) is 13.6 Å². The van der Waals surface area contributed by atoms with Crippen molar-refractivity contribution in [3.8, 4) is 5.19 Å². The van der Waals surface area contributed by atoms with Crippen LogP contribution in [0.4, 0.5) is 8.78 Å². The fraction of sp³-hybridized carbons (Fsp3) is 0.500. The van der Waals surface area contributed by atoms with Crippen LogP contribution in [-0.2, 0) is 6.67 Å². The zero-order valence-electron chi connectivity index (χ0n) is 15.2. The molecule has 9 heteroatoms. The van der Waals surface area contributed by atoms with E-state index in [0.717, 1.165) is 18.2 Å². The highest BCUT2D eigenvalue weighted by atomic mass is 32.1. The molecule has 1 aliphatic rings. The van der Waals surface area contributed by atoms with Crippen LogP contribution in [0, 0.1) is 21.5 Å². The number of rotatable bonds is 6. The SMILES string of the molecule is CC(C)Oc1nn(CN2CCC(C(=O)c3cc(F)ccc3F)CC2)c(=S)s1. The number of carbonyl (C=O) groups excluding carboxylic acids is 1. The Bertz CT molecular complexity index is 874. The summed E-state index contributed by atoms with van der Waals surface area (Å²) in [6, 6.07) is 3.00. The number of Topliss-reactive ketones (excluding diaryl/α,β-unsaturated/α-hetero) is 1. The minimum absolute atomic E-state index is 0.0315. The van der Waals surface area contributed by atoms with E-state index in [-0.39, 0.29) is 23.4 Å². The van der Waals surface area contributed by atoms with Crippen molar-refractivity contribution in [1.29, 1.82) is 0 Å². The van der Waals surface area contributed by atoms with E-state index >= 15 is 0 Å². The van der Waals surface area contributed by atoms with Gasteiger partial charge in [-0.15, -0.1) is 5.10 Å². The van der Waals surface area contributed by atoms with Gasteiger partial charge in [0.15, 0.2) is 9.74 Å². The van der Waals surface area contributed by atoms with E-state index < -0.39 is 11.6 Å². The first-order valence-corrected chi connectivity index (χ1v) is 10.0. The molecule has 1 fully saturated rings. The maximum Gasteiger partial charge on any atom is 0.293 e. The number of piperidine rings is 1. The number of aromatic nitrogens is 2. The average molecular weight is 414 g/mol. The van der Waals surface area contributed by atoms with Crippen molar-refractivity contribution in [3.05, 3.63) is 39.4 Å². The van der Waals surface area contributed by atoms with E-state index in [4.69, 9.17) is 17.0 Å². The van der Waals surface area contributed by atoms with Crippen LogP contribution >= 0.6 is 23.6 Å². The number of ether oxygens (including phenoxy) is 1. The van der Waals surface area contributed by atoms with Crippen LogP contribution < -0.4 is 4.74 Å². The molecule has 0 radical (unpaired) electrons. The molecule has 0 spiro atoms. The monoisotopic (exact) mass is 413 g/mol. The lowest BCUT2D eigenvalue weighted by Gasteiger charge is -2.30. The number of nitrogens with zero attached hydrogens (tertiary/aromatic N) is 3. The lowest BCUT2D eigenvalue weighted by molar-refractivity contribution is 0.0798. The maximum atomic E-state index is 13.8. The fourth-order valence-electron chi connectivity index (χ4n) is 3.06. The smallest absolute Gasteiger partial charge is 0.293 e. The van der Waals surface area contributed by atoms with Gasteiger partial charge in [0.05, 0.1) is 18.3 Å². The highest BCUT2D eigenvalue weighted by molar-refractivity contribution is 7.73. The summed E-state index contributed by atoms with van der Waals surface area (Å²) in [6.07, 6.45) is 1.20. The number of carbonyl (C=O) groups is 1. The van der Waals surface area contributed by atoms with E-state index in [1.807, 2.05) is 13.8 Å². The lowest BCUT2D eigenvalue weighted by Crippen LogP contribution is -2.37. The molecule has 1 aromatic carbocycles. The predicted octanol–water partition coefficient (Wildman–Crippen LogP) is 4.29. The van der Waals surface area contributed by atoms with Crippen molar-refractivity contribution in [2.75, 3.05) is 13.1 Å². The molecule has 1 saturated heterocycles. The topological polar surface area (TPSA) is 47.4 Å². The Balaban J connectivity index is 1.59. The van der Waals surface area contributed by atoms with Crippen LogP contribution in [0.1, 0.15) is 37.0 Å². The first-order valence-electron chi connectivity index (χ1n) is 8.79. The number of halogens is 2. The van der Waals surface area contributed by atoms with Crippen molar-refractivity contribution in [3.63, 3.8) is 0 Å². The summed E-state index contributed by atoms with van der Waals surface area (Å²) >= 11 is 6.65. The number of hydrogen-bond acceptors (Lipinski definition) is 6. The third-order valence-corrected chi connectivity index (χ3v) is 5.61. The average Bonchev–Trinajstić information content (AvgIpc) is 2.95. The number of hydrogen-bond donors (Lipinski definition) is 0. The Kier molecular flexibility index (Phi) is 6.33. The molecule has 27 heavy (non-hydrogen) atoms. The summed E-state index contributed by atoms with van der Waals surface area (Å²) in [7, 11) is 0. The van der Waals surface area contributed by atoms with Gasteiger partial charge in [-0.2, -0.15) is 0 Å². The summed E-state index contributed by atoms with van der Waals surface area (Å²) in [5.74, 6) is -1.91. The Morgan fingerprint density at radius 1 is 1.37 bits per heavy atom. The molecule has 0 aliphatic carbocycles. The molecule has 3 rings (SSSR count). The standard InChI is InChI=1S/C18H21F2N3O2S2/c1-11(2)25-17-21-23(18(26)27-17)10-22-7-5-12(6-8-22)16(24)14-9-13(19)3-4-15(14)20/h3-4,9,11-12H,5-8,10H2,1-2H3. The minimum atomic E-state index is -0.671. The molecule has 2 heterocycles. The molecule has 0 atom stereocenters. The van der Waals surface area contributed by atoms with Gasteiger partial charge in [0, 0.05) is 19.0 Å². The third-order valence-electron chi connectivity index (χ3n) is 4.41. The number of benzene rings is 1. The quantitative estimate of drug-likeness (QED) is 0.522. The highest BCUT2D eigenvalue weighted by Gasteiger charge is 2.28. The van der Waals surface area contributed by atoms with Crippen molar-refractivity contribution in [2.24, 2.45) is 5.92 Å². The van der Waals surface area contributed by atoms with Gasteiger partial charge in [-0.05, 0) is 68.4 Å². The second-order valence-corrected chi connectivity index (χ2v) is 8.41. The normalized spacial score (nSPS) is 16.0. The number of likely N-dealkylation sites (tertiary alicyclic amines) is 1. The summed E-state index contributed by atoms with van der Waals surface area (Å²) in [4.78, 5) is 14.7. The second-order valence-electron chi connectivity index (χ2n) is 6.82. The van der Waals surface area contributed by atoms with Crippen LogP contribution in [-0.4, -0.2) is 39.7 Å². The summed E-state index contributed by atoms with van der Waals surface area (Å²) in [5.41, 5.74) is -0.161. The van der Waals surface area contributed by atoms with Gasteiger partial charge in [-0.3, -0.25) is 9.69 Å². The molecule has 1 aliphatic heterocycles. The van der Waals surface area contributed by atoms with Crippen LogP contribution in [0.25, 0.3) is 0 Å². The van der Waals surface area contributed by atoms with Gasteiger partial charge >= 0.3 is 0 Å². The van der Waals surface area contributed by atoms with E-state index in [1.54, 1.807) is 4.68 Å². The molecular weight excluding hydrogens is 392 g/mol. The minimum Gasteiger partial charge on any atom is -0.466 e. The van der Waals surface area contributed by atoms with Crippen LogP contribution in [0.3, 0.4) is 0 Å². The van der Waals surface area contributed by atoms with Crippen molar-refractivity contribution in [2.45, 2.75) is 39.5 Å². The molecule has 0 unspecified atom stereocenters. The van der Waals surface area contributed by atoms with Gasteiger partial charge in [-0.25, -0.2) is 13.5 Å². The fourth-order valence-corrected chi connectivity index (χ4v) is 4.10. The zero-order valence-corrected chi connectivity index (χ0v) is 16.8. The Hall–Kier alpha value is -1.71. The molecule has 1 aromatic heterocycles. The van der Waals surface area contributed by atoms with Gasteiger partial charge in [0.25, 0.3) is 5.19 Å². The molecule has 5 nitrogen and oxygen atoms in total. The molecule has 0 bridgehead atoms. The summed E-state index contributed by atoms with van der Waals surface area (Å²) in [5, 5.41) is 4.92. The Morgan fingerprint density at radius 3 is 2.74 bits per heavy atom. The van der Waals surface area contributed by atoms with Crippen molar-refractivity contribution in [1.82, 2.24) is 14.7 Å². The zero-order chi connectivity index (χ0) is 19.6. The van der Waals surface area contributed by atoms with Crippen molar-refractivity contribution < 1.29 is 18.3 Å². The molecule has 146 valence electrons. The summed E-state index contributed by atoms with van der Waals surface area (Å²) < 4.78 is 35.1. The molecule has 0 N–H and O–H groups in total. The Morgan fingerprint density at radius 2 is 2.07 bits per heavy atom. The second kappa shape index (κ2) is 8.53. The third kappa shape index (κ3) is 4.97. The molecule has 2 aromatic rings. The Labute approximate surface area is 165 Å². The van der Waals surface area contributed by atoms with Crippen LogP contribution in [0.5, 0.6) is 5.19 Å². The van der Waals surface area contributed by atoms with E-state index in [1.165, 1.54) is 11.3 Å². The van der Waals surface area contributed by atoms with Crippen molar-refractivity contribution >= 4 is 29.3 Å². The molecule has 0 amide bonds. The van der Waals surface area contributed by atoms with Gasteiger partial charge in [0.2, 0.25) is 0 Å². The molecule has 0 saturated carbocycles. The first-order chi connectivity index (χ1) is 12.8. The number of ketones is 1. The predicted molar refractivity (Wildman–Crippen MR) is 102 cm³/mol. The highest BCUT2D eigenvalue weighted by Crippen LogP contribution is 2.25. The summed E-state index contributed by atoms with van der Waals surface area (Å²) in [6.45, 7) is 5.70. The maximum absolute atomic E-state index is 13.8. The van der Waals surface area contributed by atoms with Crippen LogP contribution in [0.15, 0.2) is 18.2 Å².